The first-order valence-corrected chi connectivity index (χ1v) is 21.5. The fraction of sp³-hybridized carbons (Fsp3) is 0.409. The molecule has 0 saturated carbocycles. The Balaban J connectivity index is 1.00. The topological polar surface area (TPSA) is 118 Å². The molecule has 0 aliphatic heterocycles. The summed E-state index contributed by atoms with van der Waals surface area (Å²) in [7, 11) is 0. The lowest BCUT2D eigenvalue weighted by Crippen LogP contribution is -2.42. The number of carbonyl (C=O) groups excluding carboxylic acids is 4. The van der Waals surface area contributed by atoms with Gasteiger partial charge in [0, 0.05) is 49.1 Å². The Bertz CT molecular complexity index is 1540. The minimum Gasteiger partial charge on any atom is -0.342 e. The van der Waals surface area contributed by atoms with Crippen LogP contribution in [0.2, 0.25) is 0 Å². The maximum absolute atomic E-state index is 13.2. The Kier molecular flexibility index (Phi) is 20.2. The molecule has 2 amide bonds. The van der Waals surface area contributed by atoms with Crippen molar-refractivity contribution in [1.82, 2.24) is 20.6 Å². The summed E-state index contributed by atoms with van der Waals surface area (Å²) in [6.07, 6.45) is 17.8. The van der Waals surface area contributed by atoms with Gasteiger partial charge in [-0.25, -0.2) is 0 Å². The van der Waals surface area contributed by atoms with Crippen LogP contribution < -0.4 is 10.6 Å². The predicted molar refractivity (Wildman–Crippen MR) is 222 cm³/mol. The van der Waals surface area contributed by atoms with Crippen LogP contribution in [0, 0.1) is 0 Å². The van der Waals surface area contributed by atoms with Crippen LogP contribution in [-0.2, 0) is 22.4 Å². The third-order valence-electron chi connectivity index (χ3n) is 9.11. The molecule has 4 aromatic rings. The van der Waals surface area contributed by atoms with Crippen molar-refractivity contribution in [1.29, 1.82) is 0 Å². The largest absolute Gasteiger partial charge is 0.342 e. The summed E-state index contributed by atoms with van der Waals surface area (Å²) >= 11 is 3.64. The maximum Gasteiger partial charge on any atom is 0.253 e. The highest BCUT2D eigenvalue weighted by molar-refractivity contribution is 7.99. The molecule has 2 N–H and O–H groups in total. The van der Waals surface area contributed by atoms with Gasteiger partial charge in [-0.2, -0.15) is 23.5 Å². The van der Waals surface area contributed by atoms with E-state index in [4.69, 9.17) is 0 Å². The number of ketones is 2. The average molecular weight is 767 g/mol. The minimum atomic E-state index is -0.564. The van der Waals surface area contributed by atoms with Crippen LogP contribution in [0.1, 0.15) is 96.1 Å². The second-order valence-corrected chi connectivity index (χ2v) is 15.9. The second kappa shape index (κ2) is 25.7. The van der Waals surface area contributed by atoms with Gasteiger partial charge in [-0.3, -0.25) is 29.1 Å². The summed E-state index contributed by atoms with van der Waals surface area (Å²) in [6.45, 7) is 0. The van der Waals surface area contributed by atoms with E-state index in [1.54, 1.807) is 36.7 Å². The van der Waals surface area contributed by atoms with Crippen molar-refractivity contribution in [3.8, 4) is 0 Å². The van der Waals surface area contributed by atoms with E-state index in [0.29, 0.717) is 36.8 Å². The molecule has 0 aliphatic rings. The van der Waals surface area contributed by atoms with Crippen molar-refractivity contribution in [2.75, 3.05) is 23.0 Å². The molecule has 286 valence electrons. The van der Waals surface area contributed by atoms with Crippen molar-refractivity contribution in [2.45, 2.75) is 89.1 Å². The summed E-state index contributed by atoms with van der Waals surface area (Å²) in [5.41, 5.74) is 2.95. The molecule has 10 heteroatoms. The standard InChI is InChI=1S/C44H54N4O4S2/c49-41(39(31-35-17-9-7-10-18-35)47-43(51)37-21-15-25-45-33-37)23-29-53-27-13-5-3-1-2-4-6-14-28-54-30-24-42(50)40(32-36-19-11-8-12-20-36)48-44(52)38-22-16-26-46-34-38/h7-12,15-22,25-26,33-34,39-40H,1-6,13-14,23-24,27-32H2,(H,47,51)(H,48,52). The molecule has 2 unspecified atom stereocenters. The van der Waals surface area contributed by atoms with Gasteiger partial charge in [0.25, 0.3) is 11.8 Å². The maximum atomic E-state index is 13.2. The summed E-state index contributed by atoms with van der Waals surface area (Å²) < 4.78 is 0. The Morgan fingerprint density at radius 2 is 0.870 bits per heavy atom. The van der Waals surface area contributed by atoms with Gasteiger partial charge in [-0.1, -0.05) is 99.2 Å². The van der Waals surface area contributed by atoms with Crippen molar-refractivity contribution in [3.63, 3.8) is 0 Å². The second-order valence-electron chi connectivity index (χ2n) is 13.4. The van der Waals surface area contributed by atoms with E-state index >= 15 is 0 Å². The number of hydrogen-bond acceptors (Lipinski definition) is 8. The van der Waals surface area contributed by atoms with Gasteiger partial charge in [0.2, 0.25) is 0 Å². The normalized spacial score (nSPS) is 12.1. The summed E-state index contributed by atoms with van der Waals surface area (Å²) in [5.74, 6) is 3.18. The van der Waals surface area contributed by atoms with Gasteiger partial charge in [-0.15, -0.1) is 0 Å². The Morgan fingerprint density at radius 1 is 0.481 bits per heavy atom. The molecule has 2 atom stereocenters. The number of unbranched alkanes of at least 4 members (excludes halogenated alkanes) is 7. The fourth-order valence-corrected chi connectivity index (χ4v) is 7.95. The number of thioether (sulfide) groups is 2. The number of aromatic nitrogens is 2. The number of pyridine rings is 2. The molecule has 2 aromatic carbocycles. The molecule has 0 radical (unpaired) electrons. The molecule has 2 heterocycles. The molecule has 54 heavy (non-hydrogen) atoms. The van der Waals surface area contributed by atoms with Crippen LogP contribution in [0.5, 0.6) is 0 Å². The lowest BCUT2D eigenvalue weighted by Gasteiger charge is -2.18. The molecule has 0 bridgehead atoms. The molecular weight excluding hydrogens is 713 g/mol. The van der Waals surface area contributed by atoms with Crippen LogP contribution >= 0.6 is 23.5 Å². The van der Waals surface area contributed by atoms with Crippen LogP contribution in [0.15, 0.2) is 110 Å². The number of rotatable bonds is 27. The van der Waals surface area contributed by atoms with Crippen molar-refractivity contribution in [2.24, 2.45) is 0 Å². The van der Waals surface area contributed by atoms with E-state index in [0.717, 1.165) is 47.0 Å². The molecular formula is C44H54N4O4S2. The van der Waals surface area contributed by atoms with Crippen molar-refractivity contribution < 1.29 is 19.2 Å². The number of amides is 2. The fourth-order valence-electron chi connectivity index (χ4n) is 6.03. The van der Waals surface area contributed by atoms with Gasteiger partial charge < -0.3 is 10.6 Å². The molecule has 0 spiro atoms. The molecule has 0 saturated heterocycles. The van der Waals surface area contributed by atoms with Crippen LogP contribution in [0.25, 0.3) is 0 Å². The predicted octanol–water partition coefficient (Wildman–Crippen LogP) is 8.36. The smallest absolute Gasteiger partial charge is 0.253 e. The molecule has 4 rings (SSSR count). The molecule has 0 aliphatic carbocycles. The van der Waals surface area contributed by atoms with Gasteiger partial charge in [0.15, 0.2) is 11.6 Å². The van der Waals surface area contributed by atoms with Crippen LogP contribution in [0.3, 0.4) is 0 Å². The van der Waals surface area contributed by atoms with Crippen LogP contribution in [-0.4, -0.2) is 68.4 Å². The highest BCUT2D eigenvalue weighted by Gasteiger charge is 2.23. The van der Waals surface area contributed by atoms with E-state index in [-0.39, 0.29) is 23.4 Å². The molecule has 0 fully saturated rings. The zero-order chi connectivity index (χ0) is 38.1. The van der Waals surface area contributed by atoms with Gasteiger partial charge in [-0.05, 0) is 72.6 Å². The van der Waals surface area contributed by atoms with Gasteiger partial charge >= 0.3 is 0 Å². The van der Waals surface area contributed by atoms with Crippen molar-refractivity contribution >= 4 is 46.9 Å². The highest BCUT2D eigenvalue weighted by atomic mass is 32.2. The quantitative estimate of drug-likeness (QED) is 0.0582. The number of carbonyl (C=O) groups is 4. The highest BCUT2D eigenvalue weighted by Crippen LogP contribution is 2.16. The number of hydrogen-bond donors (Lipinski definition) is 2. The van der Waals surface area contributed by atoms with E-state index in [2.05, 4.69) is 20.6 Å². The number of benzene rings is 2. The Hall–Kier alpha value is -4.28. The molecule has 2 aromatic heterocycles. The van der Waals surface area contributed by atoms with Gasteiger partial charge in [0.1, 0.15) is 0 Å². The third-order valence-corrected chi connectivity index (χ3v) is 11.3. The van der Waals surface area contributed by atoms with Crippen molar-refractivity contribution in [3.05, 3.63) is 132 Å². The summed E-state index contributed by atoms with van der Waals surface area (Å²) in [5, 5.41) is 5.89. The zero-order valence-corrected chi connectivity index (χ0v) is 32.8. The average Bonchev–Trinajstić information content (AvgIpc) is 3.21. The first-order valence-electron chi connectivity index (χ1n) is 19.2. The summed E-state index contributed by atoms with van der Waals surface area (Å²) in [4.78, 5) is 59.9. The van der Waals surface area contributed by atoms with E-state index in [9.17, 15) is 19.2 Å². The number of nitrogens with one attached hydrogen (secondary N) is 2. The lowest BCUT2D eigenvalue weighted by molar-refractivity contribution is -0.121. The minimum absolute atomic E-state index is 0.0607. The SMILES string of the molecule is O=C(NC(Cc1ccccc1)C(=O)CCSCCCCCCCCCCSCCC(=O)C(Cc1ccccc1)NC(=O)c1cccnc1)c1cccnc1. The first kappa shape index (κ1) is 42.5. The monoisotopic (exact) mass is 766 g/mol. The van der Waals surface area contributed by atoms with E-state index in [1.165, 1.54) is 50.9 Å². The number of nitrogens with zero attached hydrogens (tertiary/aromatic N) is 2. The zero-order valence-electron chi connectivity index (χ0n) is 31.2. The third kappa shape index (κ3) is 16.8. The molecule has 8 nitrogen and oxygen atoms in total. The van der Waals surface area contributed by atoms with E-state index < -0.39 is 12.1 Å². The number of Topliss-reactive ketones (excluding diaryl/α,β-unsaturated/α-hetero) is 2. The Labute approximate surface area is 329 Å². The van der Waals surface area contributed by atoms with Gasteiger partial charge in [0.05, 0.1) is 23.2 Å². The van der Waals surface area contributed by atoms with E-state index in [1.807, 2.05) is 84.2 Å². The first-order chi connectivity index (χ1) is 26.5. The summed E-state index contributed by atoms with van der Waals surface area (Å²) in [6, 6.07) is 25.3. The lowest BCUT2D eigenvalue weighted by atomic mass is 10.0. The Morgan fingerprint density at radius 3 is 1.24 bits per heavy atom. The van der Waals surface area contributed by atoms with Crippen LogP contribution in [0.4, 0.5) is 0 Å².